The van der Waals surface area contributed by atoms with Gasteiger partial charge in [-0.2, -0.15) is 0 Å². The van der Waals surface area contributed by atoms with E-state index in [9.17, 15) is 13.2 Å². The molecule has 0 heterocycles. The van der Waals surface area contributed by atoms with Crippen LogP contribution >= 0.6 is 0 Å². The minimum Gasteiger partial charge on any atom is -0.497 e. The number of hydrogen-bond acceptors (Lipinski definition) is 4. The van der Waals surface area contributed by atoms with Crippen molar-refractivity contribution in [3.8, 4) is 5.75 Å². The summed E-state index contributed by atoms with van der Waals surface area (Å²) >= 11 is 0. The Morgan fingerprint density at radius 2 is 1.93 bits per heavy atom. The van der Waals surface area contributed by atoms with Crippen LogP contribution in [0.1, 0.15) is 54.8 Å². The molecule has 1 aliphatic carbocycles. The van der Waals surface area contributed by atoms with Crippen LogP contribution in [0.25, 0.3) is 0 Å². The summed E-state index contributed by atoms with van der Waals surface area (Å²) in [6.45, 7) is 1.91. The van der Waals surface area contributed by atoms with Crippen molar-refractivity contribution in [1.29, 1.82) is 0 Å². The second-order valence-electron chi connectivity index (χ2n) is 7.49. The fourth-order valence-corrected chi connectivity index (χ4v) is 4.47. The first kappa shape index (κ1) is 20.4. The summed E-state index contributed by atoms with van der Waals surface area (Å²) < 4.78 is 28.5. The average molecular weight is 402 g/mol. The second kappa shape index (κ2) is 8.35. The third kappa shape index (κ3) is 4.73. The monoisotopic (exact) mass is 401 g/mol. The van der Waals surface area contributed by atoms with Gasteiger partial charge in [-0.15, -0.1) is 0 Å². The molecule has 0 saturated heterocycles. The van der Waals surface area contributed by atoms with Crippen LogP contribution in [-0.2, 0) is 21.1 Å². The highest BCUT2D eigenvalue weighted by Crippen LogP contribution is 2.36. The first-order valence-corrected chi connectivity index (χ1v) is 11.4. The molecule has 3 rings (SSSR count). The Kier molecular flexibility index (Phi) is 6.08. The Bertz CT molecular complexity index is 951. The number of benzene rings is 2. The zero-order valence-corrected chi connectivity index (χ0v) is 17.4. The maximum atomic E-state index is 12.6. The highest BCUT2D eigenvalue weighted by Gasteiger charge is 2.24. The summed E-state index contributed by atoms with van der Waals surface area (Å²) in [7, 11) is -1.55. The van der Waals surface area contributed by atoms with Crippen LogP contribution in [0.2, 0.25) is 0 Å². The van der Waals surface area contributed by atoms with Gasteiger partial charge in [0.05, 0.1) is 18.0 Å². The lowest BCUT2D eigenvalue weighted by molar-refractivity contribution is -0.122. The second-order valence-corrected chi connectivity index (χ2v) is 9.50. The van der Waals surface area contributed by atoms with Gasteiger partial charge in [-0.3, -0.25) is 4.79 Å². The summed E-state index contributed by atoms with van der Waals surface area (Å²) in [6, 6.07) is 12.6. The highest BCUT2D eigenvalue weighted by molar-refractivity contribution is 7.90. The molecule has 6 heteroatoms. The predicted octanol–water partition coefficient (Wildman–Crippen LogP) is 3.79. The molecule has 28 heavy (non-hydrogen) atoms. The molecule has 0 bridgehead atoms. The van der Waals surface area contributed by atoms with Gasteiger partial charge in [0.15, 0.2) is 9.84 Å². The third-order valence-corrected chi connectivity index (χ3v) is 6.53. The smallest absolute Gasteiger partial charge is 0.221 e. The van der Waals surface area contributed by atoms with Gasteiger partial charge in [0.2, 0.25) is 5.91 Å². The maximum Gasteiger partial charge on any atom is 0.221 e. The quantitative estimate of drug-likeness (QED) is 0.799. The van der Waals surface area contributed by atoms with Gasteiger partial charge < -0.3 is 10.1 Å². The van der Waals surface area contributed by atoms with Crippen LogP contribution in [-0.4, -0.2) is 27.7 Å². The molecule has 0 spiro atoms. The Morgan fingerprint density at radius 1 is 1.21 bits per heavy atom. The van der Waals surface area contributed by atoms with Crippen molar-refractivity contribution in [1.82, 2.24) is 5.32 Å². The normalized spacial score (nSPS) is 17.5. The van der Waals surface area contributed by atoms with Crippen molar-refractivity contribution in [3.63, 3.8) is 0 Å². The summed E-state index contributed by atoms with van der Waals surface area (Å²) in [5, 5.41) is 3.04. The largest absolute Gasteiger partial charge is 0.497 e. The SMILES string of the molecule is COc1ccc2c(c1)CCCC2CC(=O)NC(C)c1ccc(S(C)(=O)=O)cc1. The molecule has 0 radical (unpaired) electrons. The van der Waals surface area contributed by atoms with Crippen LogP contribution in [0.5, 0.6) is 5.75 Å². The fourth-order valence-electron chi connectivity index (χ4n) is 3.84. The van der Waals surface area contributed by atoms with E-state index < -0.39 is 9.84 Å². The molecule has 0 saturated carbocycles. The summed E-state index contributed by atoms with van der Waals surface area (Å²) in [6.07, 6.45) is 4.73. The van der Waals surface area contributed by atoms with E-state index in [1.54, 1.807) is 31.4 Å². The number of fused-ring (bicyclic) bond motifs is 1. The zero-order chi connectivity index (χ0) is 20.3. The van der Waals surface area contributed by atoms with Gasteiger partial charge in [-0.1, -0.05) is 18.2 Å². The number of carbonyl (C=O) groups is 1. The lowest BCUT2D eigenvalue weighted by Crippen LogP contribution is -2.28. The van der Waals surface area contributed by atoms with E-state index in [2.05, 4.69) is 17.4 Å². The number of sulfone groups is 1. The molecule has 5 nitrogen and oxygen atoms in total. The number of rotatable bonds is 6. The zero-order valence-electron chi connectivity index (χ0n) is 16.6. The van der Waals surface area contributed by atoms with Crippen LogP contribution in [0, 0.1) is 0 Å². The molecule has 0 aromatic heterocycles. The van der Waals surface area contributed by atoms with E-state index in [1.165, 1.54) is 17.4 Å². The van der Waals surface area contributed by atoms with Gasteiger partial charge in [-0.25, -0.2) is 8.42 Å². The molecule has 2 aromatic carbocycles. The lowest BCUT2D eigenvalue weighted by Gasteiger charge is -2.26. The van der Waals surface area contributed by atoms with E-state index in [-0.39, 0.29) is 22.8 Å². The first-order valence-electron chi connectivity index (χ1n) is 9.54. The Labute approximate surface area is 167 Å². The van der Waals surface area contributed by atoms with E-state index in [4.69, 9.17) is 4.74 Å². The number of ether oxygens (including phenoxy) is 1. The lowest BCUT2D eigenvalue weighted by atomic mass is 9.81. The number of methoxy groups -OCH3 is 1. The first-order chi connectivity index (χ1) is 13.3. The van der Waals surface area contributed by atoms with Crippen molar-refractivity contribution < 1.29 is 17.9 Å². The molecule has 1 amide bonds. The molecular weight excluding hydrogens is 374 g/mol. The molecule has 0 aliphatic heterocycles. The molecule has 1 aliphatic rings. The van der Waals surface area contributed by atoms with Gasteiger partial charge >= 0.3 is 0 Å². The number of hydrogen-bond donors (Lipinski definition) is 1. The molecule has 150 valence electrons. The highest BCUT2D eigenvalue weighted by atomic mass is 32.2. The van der Waals surface area contributed by atoms with Crippen LogP contribution in [0.15, 0.2) is 47.4 Å². The number of nitrogens with one attached hydrogen (secondary N) is 1. The fraction of sp³-hybridized carbons (Fsp3) is 0.409. The topological polar surface area (TPSA) is 72.5 Å². The van der Waals surface area contributed by atoms with Crippen molar-refractivity contribution in [2.24, 2.45) is 0 Å². The summed E-state index contributed by atoms with van der Waals surface area (Å²) in [5.41, 5.74) is 3.40. The van der Waals surface area contributed by atoms with Crippen molar-refractivity contribution in [2.75, 3.05) is 13.4 Å². The molecule has 1 N–H and O–H groups in total. The predicted molar refractivity (Wildman–Crippen MR) is 109 cm³/mol. The minimum atomic E-state index is -3.22. The average Bonchev–Trinajstić information content (AvgIpc) is 2.67. The Hall–Kier alpha value is -2.34. The maximum absolute atomic E-state index is 12.6. The van der Waals surface area contributed by atoms with Crippen LogP contribution < -0.4 is 10.1 Å². The Morgan fingerprint density at radius 3 is 2.57 bits per heavy atom. The number of amides is 1. The molecule has 0 fully saturated rings. The van der Waals surface area contributed by atoms with Crippen LogP contribution in [0.4, 0.5) is 0 Å². The van der Waals surface area contributed by atoms with E-state index in [1.807, 2.05) is 13.0 Å². The number of aryl methyl sites for hydroxylation is 1. The van der Waals surface area contributed by atoms with Gasteiger partial charge in [0.25, 0.3) is 0 Å². The van der Waals surface area contributed by atoms with E-state index in [0.717, 1.165) is 30.6 Å². The molecule has 2 aromatic rings. The standard InChI is InChI=1S/C22H27NO4S/c1-15(16-7-10-20(11-8-16)28(3,25)26)23-22(24)14-18-6-4-5-17-13-19(27-2)9-12-21(17)18/h7-13,15,18H,4-6,14H2,1-3H3,(H,23,24). The van der Waals surface area contributed by atoms with Crippen molar-refractivity contribution in [3.05, 3.63) is 59.2 Å². The van der Waals surface area contributed by atoms with Crippen LogP contribution in [0.3, 0.4) is 0 Å². The van der Waals surface area contributed by atoms with Gasteiger partial charge in [-0.05, 0) is 73.1 Å². The third-order valence-electron chi connectivity index (χ3n) is 5.41. The van der Waals surface area contributed by atoms with E-state index >= 15 is 0 Å². The summed E-state index contributed by atoms with van der Waals surface area (Å²) in [5.74, 6) is 1.08. The van der Waals surface area contributed by atoms with E-state index in [0.29, 0.717) is 6.42 Å². The van der Waals surface area contributed by atoms with Crippen molar-refractivity contribution in [2.45, 2.75) is 49.5 Å². The molecule has 2 atom stereocenters. The molecule has 2 unspecified atom stereocenters. The summed E-state index contributed by atoms with van der Waals surface area (Å²) in [4.78, 5) is 12.9. The van der Waals surface area contributed by atoms with Crippen molar-refractivity contribution >= 4 is 15.7 Å². The van der Waals surface area contributed by atoms with Gasteiger partial charge in [0.1, 0.15) is 5.75 Å². The van der Waals surface area contributed by atoms with Gasteiger partial charge in [0, 0.05) is 12.7 Å². The number of carbonyl (C=O) groups excluding carboxylic acids is 1. The minimum absolute atomic E-state index is 0.00774. The Balaban J connectivity index is 1.65. The molecular formula is C22H27NO4S.